The molecule has 4 aromatic rings. The molecule has 3 aliphatic heterocycles. The van der Waals surface area contributed by atoms with E-state index >= 15 is 4.39 Å². The van der Waals surface area contributed by atoms with Crippen LogP contribution in [0.2, 0.25) is 0 Å². The third-order valence-electron chi connectivity index (χ3n) is 8.71. The van der Waals surface area contributed by atoms with Gasteiger partial charge in [-0.05, 0) is 19.4 Å². The van der Waals surface area contributed by atoms with Gasteiger partial charge in [0.1, 0.15) is 0 Å². The zero-order chi connectivity index (χ0) is 30.6. The van der Waals surface area contributed by atoms with Gasteiger partial charge in [-0.1, -0.05) is 6.92 Å². The smallest absolute Gasteiger partial charge is 0.213 e. The Bertz CT molecular complexity index is 1860. The van der Waals surface area contributed by atoms with Crippen LogP contribution in [-0.4, -0.2) is 65.1 Å². The Morgan fingerprint density at radius 1 is 1.16 bits per heavy atom. The number of benzene rings is 3. The second-order valence-corrected chi connectivity index (χ2v) is 16.5. The molecule has 1 aromatic heterocycles. The third-order valence-corrected chi connectivity index (χ3v) is 12.6. The van der Waals surface area contributed by atoms with Gasteiger partial charge >= 0.3 is 184 Å². The number of aliphatic hydroxyl groups excluding tert-OH is 1. The van der Waals surface area contributed by atoms with Crippen molar-refractivity contribution in [3.05, 3.63) is 71.2 Å². The minimum atomic E-state index is -4.11. The van der Waals surface area contributed by atoms with Gasteiger partial charge in [-0.2, -0.15) is 0 Å². The zero-order valence-corrected chi connectivity index (χ0v) is 27.5. The van der Waals surface area contributed by atoms with Crippen LogP contribution >= 0.6 is 0 Å². The second kappa shape index (κ2) is 11.7. The molecule has 0 saturated carbocycles. The summed E-state index contributed by atoms with van der Waals surface area (Å²) in [5, 5.41) is 14.6. The molecule has 3 aromatic carbocycles. The topological polar surface area (TPSA) is 117 Å². The number of nitrogens with zero attached hydrogens (tertiary/aromatic N) is 3. The maximum absolute atomic E-state index is 15.4. The number of nitrogens with one attached hydrogen (secondary N) is 2. The predicted octanol–water partition coefficient (Wildman–Crippen LogP) is 2.01. The number of alkyl halides is 2. The number of hydrogen-bond acceptors (Lipinski definition) is 8. The molecule has 2 fully saturated rings. The molecule has 1 unspecified atom stereocenters. The molecule has 232 valence electrons. The molecule has 44 heavy (non-hydrogen) atoms. The summed E-state index contributed by atoms with van der Waals surface area (Å²) in [4.78, 5) is 11.7. The summed E-state index contributed by atoms with van der Waals surface area (Å²) in [5.74, 6) is 0.298. The van der Waals surface area contributed by atoms with Crippen molar-refractivity contribution in [3.63, 3.8) is 0 Å². The van der Waals surface area contributed by atoms with Crippen LogP contribution in [0, 0.1) is 12.7 Å². The van der Waals surface area contributed by atoms with Gasteiger partial charge in [0.05, 0.1) is 5.52 Å². The van der Waals surface area contributed by atoms with Gasteiger partial charge in [-0.15, -0.1) is 0 Å². The van der Waals surface area contributed by atoms with Crippen molar-refractivity contribution < 1.29 is 43.9 Å². The zero-order valence-electron chi connectivity index (χ0n) is 24.5. The van der Waals surface area contributed by atoms with Gasteiger partial charge in [0.15, 0.2) is 0 Å². The van der Waals surface area contributed by atoms with Gasteiger partial charge in [-0.25, -0.2) is 9.97 Å². The Kier molecular flexibility index (Phi) is 7.88. The molecule has 2 atom stereocenters. The Labute approximate surface area is 266 Å². The average molecular weight is 731 g/mol. The van der Waals surface area contributed by atoms with E-state index in [1.165, 1.54) is 12.1 Å². The number of anilines is 2. The van der Waals surface area contributed by atoms with Crippen molar-refractivity contribution in [1.29, 1.82) is 0 Å². The molecule has 7 rings (SSSR count). The number of sulfonamides is 1. The Morgan fingerprint density at radius 3 is 2.70 bits per heavy atom. The summed E-state index contributed by atoms with van der Waals surface area (Å²) >= 11 is 0.0197. The molecule has 0 spiro atoms. The van der Waals surface area contributed by atoms with Crippen molar-refractivity contribution in [3.8, 4) is 16.9 Å². The first kappa shape index (κ1) is 29.6. The Balaban J connectivity index is 1.16. The van der Waals surface area contributed by atoms with Gasteiger partial charge in [0.2, 0.25) is 5.95 Å². The van der Waals surface area contributed by atoms with E-state index < -0.39 is 21.9 Å². The Morgan fingerprint density at radius 2 is 1.95 bits per heavy atom. The van der Waals surface area contributed by atoms with E-state index in [-0.39, 0.29) is 44.1 Å². The molecule has 2 saturated heterocycles. The molecule has 9 nitrogen and oxygen atoms in total. The van der Waals surface area contributed by atoms with Crippen LogP contribution in [0.5, 0.6) is 5.75 Å². The van der Waals surface area contributed by atoms with Gasteiger partial charge < -0.3 is 10.2 Å². The number of likely N-dealkylation sites (tertiary alicyclic amines) is 1. The quantitative estimate of drug-likeness (QED) is 0.187. The van der Waals surface area contributed by atoms with Gasteiger partial charge in [0, 0.05) is 25.3 Å². The van der Waals surface area contributed by atoms with Crippen molar-refractivity contribution in [1.82, 2.24) is 14.9 Å². The van der Waals surface area contributed by atoms with Crippen LogP contribution in [0.25, 0.3) is 22.0 Å². The molecular formula is C32H34FIN5O4S-. The first-order chi connectivity index (χ1) is 21.2. The molecule has 3 N–H and O–H groups in total. The van der Waals surface area contributed by atoms with Crippen molar-refractivity contribution in [2.45, 2.75) is 47.7 Å². The van der Waals surface area contributed by atoms with E-state index in [2.05, 4.69) is 26.8 Å². The number of hydrogen-bond donors (Lipinski definition) is 3. The molecule has 4 heterocycles. The van der Waals surface area contributed by atoms with E-state index in [0.29, 0.717) is 38.2 Å². The van der Waals surface area contributed by atoms with Crippen LogP contribution in [0.15, 0.2) is 53.6 Å². The van der Waals surface area contributed by atoms with Crippen LogP contribution < -0.4 is 36.0 Å². The SMILES string of the molecule is CCN1CCC(Nc2ncc3cc(-c4c(F)ccc(NS(=O)(=O)c5cc(C6C[I-]6)cc6c5OC[C@H]6O)c4C)ccc3n2)CC1. The van der Waals surface area contributed by atoms with E-state index in [1.54, 1.807) is 25.3 Å². The summed E-state index contributed by atoms with van der Waals surface area (Å²) in [5.41, 5.74) is 3.78. The first-order valence-corrected chi connectivity index (χ1v) is 19.1. The molecule has 0 bridgehead atoms. The monoisotopic (exact) mass is 730 g/mol. The third kappa shape index (κ3) is 5.72. The van der Waals surface area contributed by atoms with E-state index in [0.717, 1.165) is 53.4 Å². The van der Waals surface area contributed by atoms with E-state index in [4.69, 9.17) is 9.72 Å². The van der Waals surface area contributed by atoms with E-state index in [1.807, 2.05) is 18.2 Å². The van der Waals surface area contributed by atoms with E-state index in [9.17, 15) is 13.5 Å². The fraction of sp³-hybridized carbons (Fsp3) is 0.375. The number of halogens is 2. The number of rotatable bonds is 8. The second-order valence-electron chi connectivity index (χ2n) is 11.6. The minimum Gasteiger partial charge on any atom is -0.213 e. The predicted molar refractivity (Wildman–Crippen MR) is 164 cm³/mol. The van der Waals surface area contributed by atoms with Gasteiger partial charge in [-0.3, -0.25) is 0 Å². The fourth-order valence-electron chi connectivity index (χ4n) is 6.08. The van der Waals surface area contributed by atoms with Crippen molar-refractivity contribution >= 4 is 32.6 Å². The molecule has 0 aliphatic carbocycles. The first-order valence-electron chi connectivity index (χ1n) is 14.8. The van der Waals surface area contributed by atoms with Crippen LogP contribution in [-0.2, 0) is 10.0 Å². The molecule has 0 radical (unpaired) electrons. The molecule has 0 amide bonds. The van der Waals surface area contributed by atoms with Gasteiger partial charge in [0.25, 0.3) is 0 Å². The number of aliphatic hydroxyl groups is 1. The van der Waals surface area contributed by atoms with Crippen molar-refractivity contribution in [2.75, 3.05) is 40.7 Å². The number of ether oxygens (including phenoxy) is 1. The summed E-state index contributed by atoms with van der Waals surface area (Å²) in [7, 11) is -4.11. The molecule has 12 heteroatoms. The molecule has 3 aliphatic rings. The maximum atomic E-state index is 15.4. The fourth-order valence-corrected chi connectivity index (χ4v) is 9.04. The number of fused-ring (bicyclic) bond motifs is 2. The van der Waals surface area contributed by atoms with Crippen LogP contribution in [0.3, 0.4) is 0 Å². The summed E-state index contributed by atoms with van der Waals surface area (Å²) in [6.45, 7) is 7.06. The summed E-state index contributed by atoms with van der Waals surface area (Å²) in [6, 6.07) is 12.0. The van der Waals surface area contributed by atoms with Crippen molar-refractivity contribution in [2.24, 2.45) is 0 Å². The minimum absolute atomic E-state index is 0.00548. The molecular weight excluding hydrogens is 696 g/mol. The van der Waals surface area contributed by atoms with Crippen LogP contribution in [0.4, 0.5) is 16.0 Å². The van der Waals surface area contributed by atoms with Crippen LogP contribution in [0.1, 0.15) is 46.5 Å². The number of aromatic nitrogens is 2. The summed E-state index contributed by atoms with van der Waals surface area (Å²) < 4.78 is 52.6. The Hall–Kier alpha value is -3.07. The normalized spacial score (nSPS) is 20.5. The summed E-state index contributed by atoms with van der Waals surface area (Å²) in [6.07, 6.45) is 2.95. The average Bonchev–Trinajstić information content (AvgIpc) is 3.81. The standard InChI is InChI=1S/C32H34FIN5O4S/c1-3-39-10-8-22(9-11-39)36-32-35-16-21-12-19(4-6-27(21)37-32)30-18(2)26(7-5-24(30)33)38-44(41,42)29-14-20(25-15-34-25)13-23-28(40)17-43-31(23)29/h4-7,12-14,16,22,25,28,38,40H,3,8-11,15,17H2,1-2H3,(H,35,36,37)/q-1/t25?,28-/m1/s1. The number of piperidine rings is 1.